The Morgan fingerprint density at radius 1 is 1.33 bits per heavy atom. The van der Waals surface area contributed by atoms with Gasteiger partial charge >= 0.3 is 5.97 Å². The molecule has 1 fully saturated rings. The van der Waals surface area contributed by atoms with Crippen molar-refractivity contribution >= 4 is 5.97 Å². The Morgan fingerprint density at radius 2 is 2.15 bits per heavy atom. The first kappa shape index (κ1) is 19.2. The largest absolute Gasteiger partial charge is 0.493 e. The smallest absolute Gasteiger partial charge is 0.320 e. The molecule has 1 N–H and O–H groups in total. The summed E-state index contributed by atoms with van der Waals surface area (Å²) in [5.41, 5.74) is 2.85. The number of aliphatic carboxylic acids is 1. The fourth-order valence-electron chi connectivity index (χ4n) is 3.67. The lowest BCUT2D eigenvalue weighted by atomic mass is 9.99. The quantitative estimate of drug-likeness (QED) is 0.805. The molecule has 1 aliphatic rings. The molecule has 0 spiro atoms. The van der Waals surface area contributed by atoms with Crippen LogP contribution in [0.15, 0.2) is 36.5 Å². The van der Waals surface area contributed by atoms with Crippen molar-refractivity contribution in [3.8, 4) is 11.5 Å². The van der Waals surface area contributed by atoms with Gasteiger partial charge in [-0.25, -0.2) is 0 Å². The molecule has 27 heavy (non-hydrogen) atoms. The number of ether oxygens (including phenoxy) is 2. The lowest BCUT2D eigenvalue weighted by molar-refractivity contribution is -0.142. The Bertz CT molecular complexity index is 791. The topological polar surface area (TPSA) is 71.9 Å². The Morgan fingerprint density at radius 3 is 2.78 bits per heavy atom. The molecule has 0 radical (unpaired) electrons. The van der Waals surface area contributed by atoms with Gasteiger partial charge in [-0.3, -0.25) is 14.7 Å². The van der Waals surface area contributed by atoms with E-state index in [4.69, 9.17) is 9.47 Å². The van der Waals surface area contributed by atoms with Crippen molar-refractivity contribution < 1.29 is 19.4 Å². The number of benzene rings is 1. The van der Waals surface area contributed by atoms with E-state index in [1.165, 1.54) is 0 Å². The van der Waals surface area contributed by atoms with Crippen LogP contribution in [0.3, 0.4) is 0 Å². The third-order valence-electron chi connectivity index (χ3n) is 4.93. The fourth-order valence-corrected chi connectivity index (χ4v) is 3.67. The number of methoxy groups -OCH3 is 1. The first-order chi connectivity index (χ1) is 13.0. The first-order valence-corrected chi connectivity index (χ1v) is 9.27. The number of pyridine rings is 1. The van der Waals surface area contributed by atoms with Gasteiger partial charge in [0, 0.05) is 12.7 Å². The minimum atomic E-state index is -0.789. The number of hydrogen-bond donors (Lipinski definition) is 1. The van der Waals surface area contributed by atoms with Gasteiger partial charge in [0.1, 0.15) is 6.04 Å². The van der Waals surface area contributed by atoms with Crippen molar-refractivity contribution in [3.63, 3.8) is 0 Å². The maximum Gasteiger partial charge on any atom is 0.320 e. The molecule has 3 rings (SSSR count). The summed E-state index contributed by atoms with van der Waals surface area (Å²) >= 11 is 0. The predicted octanol–water partition coefficient (Wildman–Crippen LogP) is 3.44. The first-order valence-electron chi connectivity index (χ1n) is 9.27. The summed E-state index contributed by atoms with van der Waals surface area (Å²) in [6.07, 6.45) is 3.32. The van der Waals surface area contributed by atoms with Gasteiger partial charge in [-0.2, -0.15) is 0 Å². The summed E-state index contributed by atoms with van der Waals surface area (Å²) in [5, 5.41) is 9.68. The van der Waals surface area contributed by atoms with E-state index in [1.54, 1.807) is 7.11 Å². The highest BCUT2D eigenvalue weighted by Crippen LogP contribution is 2.38. The molecule has 0 bridgehead atoms. The van der Waals surface area contributed by atoms with E-state index >= 15 is 0 Å². The van der Waals surface area contributed by atoms with Crippen LogP contribution in [0.5, 0.6) is 11.5 Å². The minimum absolute atomic E-state index is 0.251. The van der Waals surface area contributed by atoms with Crippen LogP contribution in [0.1, 0.15) is 42.6 Å². The molecule has 6 heteroatoms. The molecule has 0 amide bonds. The number of likely N-dealkylation sites (tertiary alicyclic amines) is 1. The van der Waals surface area contributed by atoms with Crippen LogP contribution in [0.2, 0.25) is 0 Å². The normalized spacial score (nSPS) is 18.3. The van der Waals surface area contributed by atoms with E-state index in [1.807, 2.05) is 55.3 Å². The van der Waals surface area contributed by atoms with Crippen molar-refractivity contribution in [1.82, 2.24) is 9.88 Å². The second-order valence-electron chi connectivity index (χ2n) is 6.74. The van der Waals surface area contributed by atoms with Crippen LogP contribution in [0.25, 0.3) is 0 Å². The van der Waals surface area contributed by atoms with Crippen LogP contribution >= 0.6 is 0 Å². The summed E-state index contributed by atoms with van der Waals surface area (Å²) < 4.78 is 11.1. The zero-order chi connectivity index (χ0) is 19.4. The minimum Gasteiger partial charge on any atom is -0.493 e. The zero-order valence-corrected chi connectivity index (χ0v) is 16.0. The summed E-state index contributed by atoms with van der Waals surface area (Å²) in [6.45, 7) is 5.17. The molecular formula is C21H26N2O4. The molecule has 1 aromatic heterocycles. The van der Waals surface area contributed by atoms with Gasteiger partial charge in [-0.1, -0.05) is 12.1 Å². The Hall–Kier alpha value is -2.60. The van der Waals surface area contributed by atoms with E-state index in [-0.39, 0.29) is 6.04 Å². The van der Waals surface area contributed by atoms with Gasteiger partial charge in [0.25, 0.3) is 0 Å². The number of carbonyl (C=O) groups is 1. The van der Waals surface area contributed by atoms with Crippen molar-refractivity contribution in [1.29, 1.82) is 0 Å². The summed E-state index contributed by atoms with van der Waals surface area (Å²) in [5.74, 6) is 0.524. The summed E-state index contributed by atoms with van der Waals surface area (Å²) in [7, 11) is 1.61. The Kier molecular flexibility index (Phi) is 5.96. The molecule has 1 saturated heterocycles. The van der Waals surface area contributed by atoms with Crippen LogP contribution < -0.4 is 9.47 Å². The Balaban J connectivity index is 2.07. The summed E-state index contributed by atoms with van der Waals surface area (Å²) in [4.78, 5) is 18.4. The lowest BCUT2D eigenvalue weighted by Gasteiger charge is -2.31. The number of hydrogen-bond acceptors (Lipinski definition) is 5. The lowest BCUT2D eigenvalue weighted by Crippen LogP contribution is -2.39. The molecule has 144 valence electrons. The predicted molar refractivity (Wildman–Crippen MR) is 102 cm³/mol. The monoisotopic (exact) mass is 370 g/mol. The third kappa shape index (κ3) is 4.06. The molecule has 6 nitrogen and oxygen atoms in total. The van der Waals surface area contributed by atoms with E-state index in [0.717, 1.165) is 23.2 Å². The third-order valence-corrected chi connectivity index (χ3v) is 4.93. The van der Waals surface area contributed by atoms with Crippen LogP contribution in [-0.4, -0.2) is 47.3 Å². The maximum atomic E-state index is 11.8. The SMILES string of the molecule is CCOc1ccc(C(c2ccc(C)cn2)N2CCCC2C(=O)O)cc1OC. The molecule has 1 aliphatic heterocycles. The van der Waals surface area contributed by atoms with Crippen molar-refractivity contribution in [2.45, 2.75) is 38.8 Å². The highest BCUT2D eigenvalue weighted by atomic mass is 16.5. The van der Waals surface area contributed by atoms with Gasteiger partial charge in [-0.05, 0) is 56.0 Å². The van der Waals surface area contributed by atoms with E-state index in [9.17, 15) is 9.90 Å². The van der Waals surface area contributed by atoms with Gasteiger partial charge in [-0.15, -0.1) is 0 Å². The van der Waals surface area contributed by atoms with Crippen LogP contribution in [-0.2, 0) is 4.79 Å². The number of aromatic nitrogens is 1. The molecule has 2 heterocycles. The van der Waals surface area contributed by atoms with E-state index in [0.29, 0.717) is 31.1 Å². The molecule has 0 saturated carbocycles. The van der Waals surface area contributed by atoms with Crippen molar-refractivity contribution in [2.24, 2.45) is 0 Å². The van der Waals surface area contributed by atoms with Gasteiger partial charge in [0.15, 0.2) is 11.5 Å². The molecule has 2 unspecified atom stereocenters. The average Bonchev–Trinajstić information content (AvgIpc) is 3.14. The number of carboxylic acids is 1. The summed E-state index contributed by atoms with van der Waals surface area (Å²) in [6, 6.07) is 8.98. The second-order valence-corrected chi connectivity index (χ2v) is 6.74. The Labute approximate surface area is 159 Å². The number of aryl methyl sites for hydroxylation is 1. The van der Waals surface area contributed by atoms with Crippen LogP contribution in [0.4, 0.5) is 0 Å². The van der Waals surface area contributed by atoms with Gasteiger partial charge < -0.3 is 14.6 Å². The van der Waals surface area contributed by atoms with Crippen molar-refractivity contribution in [3.05, 3.63) is 53.3 Å². The molecule has 2 aromatic rings. The van der Waals surface area contributed by atoms with Crippen LogP contribution in [0, 0.1) is 6.92 Å². The highest BCUT2D eigenvalue weighted by Gasteiger charge is 2.37. The number of nitrogens with zero attached hydrogens (tertiary/aromatic N) is 2. The van der Waals surface area contributed by atoms with E-state index in [2.05, 4.69) is 4.98 Å². The number of carboxylic acid groups (broad SMARTS) is 1. The molecule has 2 atom stereocenters. The van der Waals surface area contributed by atoms with E-state index < -0.39 is 12.0 Å². The fraction of sp³-hybridized carbons (Fsp3) is 0.429. The molecule has 0 aliphatic carbocycles. The average molecular weight is 370 g/mol. The van der Waals surface area contributed by atoms with Crippen molar-refractivity contribution in [2.75, 3.05) is 20.3 Å². The molecule has 1 aromatic carbocycles. The number of rotatable bonds is 7. The standard InChI is InChI=1S/C21H26N2O4/c1-4-27-18-10-8-15(12-19(18)26-3)20(16-9-7-14(2)13-22-16)23-11-5-6-17(23)21(24)25/h7-10,12-13,17,20H,4-6,11H2,1-3H3,(H,24,25). The second kappa shape index (κ2) is 8.39. The molecular weight excluding hydrogens is 344 g/mol. The maximum absolute atomic E-state index is 11.8. The zero-order valence-electron chi connectivity index (χ0n) is 16.0. The highest BCUT2D eigenvalue weighted by molar-refractivity contribution is 5.74. The van der Waals surface area contributed by atoms with Gasteiger partial charge in [0.05, 0.1) is 25.5 Å². The van der Waals surface area contributed by atoms with Gasteiger partial charge in [0.2, 0.25) is 0 Å².